The number of fused-ring (bicyclic) bond motifs is 1. The lowest BCUT2D eigenvalue weighted by Crippen LogP contribution is -2.36. The minimum Gasteiger partial charge on any atom is -0.493 e. The van der Waals surface area contributed by atoms with Gasteiger partial charge in [0.15, 0.2) is 0 Å². The van der Waals surface area contributed by atoms with Gasteiger partial charge in [-0.2, -0.15) is 0 Å². The van der Waals surface area contributed by atoms with E-state index in [1.54, 1.807) is 24.3 Å². The topological polar surface area (TPSA) is 87.7 Å². The van der Waals surface area contributed by atoms with E-state index in [1.165, 1.54) is 0 Å². The first-order valence-electron chi connectivity index (χ1n) is 15.1. The van der Waals surface area contributed by atoms with Gasteiger partial charge in [-0.25, -0.2) is 13.1 Å². The van der Waals surface area contributed by atoms with Crippen molar-refractivity contribution in [2.24, 2.45) is 5.92 Å². The summed E-state index contributed by atoms with van der Waals surface area (Å²) in [6, 6.07) is 31.0. The predicted molar refractivity (Wildman–Crippen MR) is 175 cm³/mol. The summed E-state index contributed by atoms with van der Waals surface area (Å²) in [7, 11) is -1.80. The Balaban J connectivity index is 1.29. The number of ether oxygens (including phenoxy) is 1. The predicted octanol–water partition coefficient (Wildman–Crippen LogP) is 6.49. The number of hydrogen-bond donors (Lipinski definition) is 2. The largest absolute Gasteiger partial charge is 0.493 e. The fourth-order valence-electron chi connectivity index (χ4n) is 5.75. The third kappa shape index (κ3) is 8.14. The van der Waals surface area contributed by atoms with E-state index >= 15 is 0 Å². The van der Waals surface area contributed by atoms with Gasteiger partial charge in [-0.15, -0.1) is 0 Å². The molecule has 2 atom stereocenters. The number of amides is 1. The van der Waals surface area contributed by atoms with E-state index in [2.05, 4.69) is 48.0 Å². The first-order chi connectivity index (χ1) is 21.2. The van der Waals surface area contributed by atoms with Crippen LogP contribution in [-0.4, -0.2) is 39.4 Å². The SMILES string of the molecule is CC(C)CN(C)Cc1ccc2c(c1)OCCC2NC(=O)CC(NS(=O)(=O)c1ccc(-c2ccccc2)cc1)c1ccccc1. The van der Waals surface area contributed by atoms with Crippen molar-refractivity contribution in [2.45, 2.75) is 50.2 Å². The van der Waals surface area contributed by atoms with Crippen molar-refractivity contribution in [3.63, 3.8) is 0 Å². The number of nitrogens with zero attached hydrogens (tertiary/aromatic N) is 1. The third-order valence-electron chi connectivity index (χ3n) is 7.74. The molecule has 5 rings (SSSR count). The van der Waals surface area contributed by atoms with E-state index in [1.807, 2.05) is 66.7 Å². The minimum absolute atomic E-state index is 0.0455. The molecule has 1 heterocycles. The number of sulfonamides is 1. The van der Waals surface area contributed by atoms with Gasteiger partial charge in [0, 0.05) is 31.5 Å². The van der Waals surface area contributed by atoms with Crippen LogP contribution in [0.4, 0.5) is 0 Å². The van der Waals surface area contributed by atoms with E-state index in [0.29, 0.717) is 18.9 Å². The van der Waals surface area contributed by atoms with Gasteiger partial charge in [-0.3, -0.25) is 4.79 Å². The third-order valence-corrected chi connectivity index (χ3v) is 9.23. The molecule has 1 amide bonds. The molecule has 0 spiro atoms. The van der Waals surface area contributed by atoms with Gasteiger partial charge >= 0.3 is 0 Å². The number of carbonyl (C=O) groups is 1. The molecule has 0 saturated carbocycles. The summed E-state index contributed by atoms with van der Waals surface area (Å²) in [5, 5.41) is 3.15. The Labute approximate surface area is 261 Å². The van der Waals surface area contributed by atoms with E-state index < -0.39 is 16.1 Å². The van der Waals surface area contributed by atoms with E-state index in [9.17, 15) is 13.2 Å². The first kappa shape index (κ1) is 31.4. The number of nitrogens with one attached hydrogen (secondary N) is 2. The Morgan fingerprint density at radius 1 is 0.909 bits per heavy atom. The van der Waals surface area contributed by atoms with Crippen LogP contribution >= 0.6 is 0 Å². The van der Waals surface area contributed by atoms with Crippen LogP contribution < -0.4 is 14.8 Å². The van der Waals surface area contributed by atoms with Crippen LogP contribution in [0.2, 0.25) is 0 Å². The van der Waals surface area contributed by atoms with E-state index in [-0.39, 0.29) is 23.3 Å². The molecular weight excluding hydrogens is 570 g/mol. The summed E-state index contributed by atoms with van der Waals surface area (Å²) in [4.78, 5) is 15.9. The molecular formula is C36H41N3O4S. The lowest BCUT2D eigenvalue weighted by molar-refractivity contribution is -0.122. The lowest BCUT2D eigenvalue weighted by Gasteiger charge is -2.28. The molecule has 2 unspecified atom stereocenters. The van der Waals surface area contributed by atoms with Gasteiger partial charge in [-0.05, 0) is 53.4 Å². The Morgan fingerprint density at radius 3 is 2.25 bits per heavy atom. The second kappa shape index (κ2) is 14.2. The van der Waals surface area contributed by atoms with Gasteiger partial charge in [0.05, 0.1) is 23.6 Å². The van der Waals surface area contributed by atoms with Gasteiger partial charge in [0.2, 0.25) is 15.9 Å². The average Bonchev–Trinajstić information content (AvgIpc) is 3.01. The first-order valence-corrected chi connectivity index (χ1v) is 16.6. The number of rotatable bonds is 12. The molecule has 44 heavy (non-hydrogen) atoms. The van der Waals surface area contributed by atoms with E-state index in [4.69, 9.17) is 4.74 Å². The molecule has 0 aromatic heterocycles. The zero-order chi connectivity index (χ0) is 31.1. The molecule has 230 valence electrons. The van der Waals surface area contributed by atoms with Crippen LogP contribution in [0.15, 0.2) is 108 Å². The fourth-order valence-corrected chi connectivity index (χ4v) is 6.97. The molecule has 1 aliphatic rings. The van der Waals surface area contributed by atoms with Crippen LogP contribution in [0.3, 0.4) is 0 Å². The summed E-state index contributed by atoms with van der Waals surface area (Å²) in [6.45, 7) is 6.73. The normalized spacial score (nSPS) is 15.4. The quantitative estimate of drug-likeness (QED) is 0.191. The minimum atomic E-state index is -3.91. The highest BCUT2D eigenvalue weighted by atomic mass is 32.2. The highest BCUT2D eigenvalue weighted by molar-refractivity contribution is 7.89. The van der Waals surface area contributed by atoms with Crippen molar-refractivity contribution < 1.29 is 17.9 Å². The van der Waals surface area contributed by atoms with Crippen molar-refractivity contribution in [1.82, 2.24) is 14.9 Å². The molecule has 1 aliphatic heterocycles. The molecule has 0 fully saturated rings. The second-order valence-electron chi connectivity index (χ2n) is 11.9. The zero-order valence-corrected chi connectivity index (χ0v) is 26.4. The smallest absolute Gasteiger partial charge is 0.241 e. The van der Waals surface area contributed by atoms with Crippen molar-refractivity contribution in [3.05, 3.63) is 120 Å². The molecule has 4 aromatic carbocycles. The second-order valence-corrected chi connectivity index (χ2v) is 13.6. The molecule has 7 nitrogen and oxygen atoms in total. The molecule has 0 bridgehead atoms. The van der Waals surface area contributed by atoms with Crippen LogP contribution in [0.5, 0.6) is 5.75 Å². The van der Waals surface area contributed by atoms with Crippen molar-refractivity contribution in [3.8, 4) is 16.9 Å². The maximum absolute atomic E-state index is 13.5. The Kier molecular flexibility index (Phi) is 10.1. The summed E-state index contributed by atoms with van der Waals surface area (Å²) >= 11 is 0. The van der Waals surface area contributed by atoms with Crippen LogP contribution in [0, 0.1) is 5.92 Å². The monoisotopic (exact) mass is 611 g/mol. The Morgan fingerprint density at radius 2 is 1.57 bits per heavy atom. The summed E-state index contributed by atoms with van der Waals surface area (Å²) in [6.07, 6.45) is 0.594. The summed E-state index contributed by atoms with van der Waals surface area (Å²) in [5.41, 5.74) is 4.75. The van der Waals surface area contributed by atoms with Crippen molar-refractivity contribution in [2.75, 3.05) is 20.2 Å². The highest BCUT2D eigenvalue weighted by Crippen LogP contribution is 2.34. The maximum atomic E-state index is 13.5. The zero-order valence-electron chi connectivity index (χ0n) is 25.6. The van der Waals surface area contributed by atoms with Crippen molar-refractivity contribution >= 4 is 15.9 Å². The van der Waals surface area contributed by atoms with E-state index in [0.717, 1.165) is 46.7 Å². The molecule has 4 aromatic rings. The molecule has 0 saturated heterocycles. The van der Waals surface area contributed by atoms with Crippen LogP contribution in [0.1, 0.15) is 55.5 Å². The number of carbonyl (C=O) groups excluding carboxylic acids is 1. The maximum Gasteiger partial charge on any atom is 0.241 e. The molecule has 8 heteroatoms. The van der Waals surface area contributed by atoms with Crippen LogP contribution in [-0.2, 0) is 21.4 Å². The summed E-state index contributed by atoms with van der Waals surface area (Å²) < 4.78 is 35.8. The Bertz CT molecular complexity index is 1640. The number of benzene rings is 4. The van der Waals surface area contributed by atoms with Crippen molar-refractivity contribution in [1.29, 1.82) is 0 Å². The van der Waals surface area contributed by atoms with Gasteiger partial charge in [0.1, 0.15) is 5.75 Å². The standard InChI is InChI=1S/C36H41N3O4S/c1-26(2)24-39(3)25-27-14-19-32-33(20-21-43-35(32)22-27)37-36(40)23-34(30-12-8-5-9-13-30)38-44(41,42)31-17-15-29(16-18-31)28-10-6-4-7-11-28/h4-19,22,26,33-34,38H,20-21,23-25H2,1-3H3,(H,37,40). The molecule has 0 radical (unpaired) electrons. The van der Waals surface area contributed by atoms with Gasteiger partial charge in [-0.1, -0.05) is 98.8 Å². The molecule has 2 N–H and O–H groups in total. The highest BCUT2D eigenvalue weighted by Gasteiger charge is 2.27. The Hall–Kier alpha value is -3.98. The average molecular weight is 612 g/mol. The lowest BCUT2D eigenvalue weighted by atomic mass is 9.97. The van der Waals surface area contributed by atoms with Gasteiger partial charge in [0.25, 0.3) is 0 Å². The van der Waals surface area contributed by atoms with Crippen LogP contribution in [0.25, 0.3) is 11.1 Å². The van der Waals surface area contributed by atoms with Gasteiger partial charge < -0.3 is 15.0 Å². The summed E-state index contributed by atoms with van der Waals surface area (Å²) in [5.74, 6) is 1.13. The fraction of sp³-hybridized carbons (Fsp3) is 0.306. The molecule has 0 aliphatic carbocycles. The number of hydrogen-bond acceptors (Lipinski definition) is 5.